The molecule has 0 aliphatic carbocycles. The second-order valence-corrected chi connectivity index (χ2v) is 8.39. The van der Waals surface area contributed by atoms with Crippen LogP contribution in [0.3, 0.4) is 0 Å². The van der Waals surface area contributed by atoms with Gasteiger partial charge in [0.05, 0.1) is 30.9 Å². The van der Waals surface area contributed by atoms with Gasteiger partial charge in [0.15, 0.2) is 0 Å². The molecule has 1 atom stereocenters. The number of halogens is 1. The van der Waals surface area contributed by atoms with Crippen molar-refractivity contribution in [2.45, 2.75) is 25.9 Å². The van der Waals surface area contributed by atoms with Crippen LogP contribution >= 0.6 is 0 Å². The van der Waals surface area contributed by atoms with E-state index < -0.39 is 0 Å². The van der Waals surface area contributed by atoms with Crippen molar-refractivity contribution in [3.8, 4) is 5.75 Å². The van der Waals surface area contributed by atoms with Crippen molar-refractivity contribution in [3.63, 3.8) is 0 Å². The largest absolute Gasteiger partial charge is 0.496 e. The van der Waals surface area contributed by atoms with Crippen molar-refractivity contribution in [2.24, 2.45) is 0 Å². The van der Waals surface area contributed by atoms with E-state index in [-0.39, 0.29) is 29.7 Å². The van der Waals surface area contributed by atoms with Crippen LogP contribution in [0.25, 0.3) is 11.0 Å². The van der Waals surface area contributed by atoms with Crippen LogP contribution in [0.5, 0.6) is 5.75 Å². The number of ether oxygens (including phenoxy) is 1. The van der Waals surface area contributed by atoms with Gasteiger partial charge in [-0.2, -0.15) is 0 Å². The van der Waals surface area contributed by atoms with Gasteiger partial charge in [-0.15, -0.1) is 0 Å². The maximum atomic E-state index is 14.6. The standard InChI is InChI=1S/C25H25FN4O3/c1-16-6-5-8-19(26)22(16)28-13-11-18(15-28)30-20-10-12-27-24(31)23(20)29(25(30)32)14-17-7-3-4-9-21(17)33-2/h3-10,12,18H,11,13-15H2,1-2H3,(H,27,31)/t18-/m1/s1. The second-order valence-electron chi connectivity index (χ2n) is 8.39. The normalized spacial score (nSPS) is 16.0. The molecule has 1 aliphatic heterocycles. The Balaban J connectivity index is 1.59. The maximum Gasteiger partial charge on any atom is 0.329 e. The predicted molar refractivity (Wildman–Crippen MR) is 126 cm³/mol. The van der Waals surface area contributed by atoms with E-state index in [1.54, 1.807) is 30.0 Å². The number of aryl methyl sites for hydroxylation is 1. The highest BCUT2D eigenvalue weighted by Gasteiger charge is 2.30. The third-order valence-corrected chi connectivity index (χ3v) is 6.43. The fourth-order valence-corrected chi connectivity index (χ4v) is 4.93. The van der Waals surface area contributed by atoms with Crippen LogP contribution in [0.15, 0.2) is 64.3 Å². The number of imidazole rings is 1. The number of hydrogen-bond acceptors (Lipinski definition) is 4. The summed E-state index contributed by atoms with van der Waals surface area (Å²) in [5.41, 5.74) is 2.56. The fourth-order valence-electron chi connectivity index (χ4n) is 4.93. The lowest BCUT2D eigenvalue weighted by atomic mass is 10.2. The fraction of sp³-hybridized carbons (Fsp3) is 0.280. The summed E-state index contributed by atoms with van der Waals surface area (Å²) in [4.78, 5) is 31.1. The number of rotatable bonds is 5. The van der Waals surface area contributed by atoms with Crippen molar-refractivity contribution in [2.75, 3.05) is 25.1 Å². The van der Waals surface area contributed by atoms with E-state index in [1.807, 2.05) is 42.2 Å². The van der Waals surface area contributed by atoms with Crippen LogP contribution in [-0.2, 0) is 6.54 Å². The zero-order valence-corrected chi connectivity index (χ0v) is 18.5. The van der Waals surface area contributed by atoms with Gasteiger partial charge in [0.25, 0.3) is 5.56 Å². The molecular weight excluding hydrogens is 423 g/mol. The van der Waals surface area contributed by atoms with E-state index in [4.69, 9.17) is 4.74 Å². The number of nitrogens with zero attached hydrogens (tertiary/aromatic N) is 3. The van der Waals surface area contributed by atoms with Gasteiger partial charge in [-0.05, 0) is 37.1 Å². The lowest BCUT2D eigenvalue weighted by Crippen LogP contribution is -2.30. The molecule has 0 radical (unpaired) electrons. The topological polar surface area (TPSA) is 72.3 Å². The Kier molecular flexibility index (Phi) is 5.28. The predicted octanol–water partition coefficient (Wildman–Crippen LogP) is 3.45. The van der Waals surface area contributed by atoms with Gasteiger partial charge >= 0.3 is 5.69 Å². The number of fused-ring (bicyclic) bond motifs is 1. The first kappa shape index (κ1) is 21.1. The van der Waals surface area contributed by atoms with E-state index in [0.29, 0.717) is 42.0 Å². The first-order chi connectivity index (χ1) is 16.0. The molecular formula is C25H25FN4O3. The monoisotopic (exact) mass is 448 g/mol. The highest BCUT2D eigenvalue weighted by molar-refractivity contribution is 5.75. The molecule has 1 saturated heterocycles. The molecule has 0 saturated carbocycles. The van der Waals surface area contributed by atoms with Gasteiger partial charge in [-0.3, -0.25) is 13.9 Å². The average Bonchev–Trinajstić information content (AvgIpc) is 3.37. The van der Waals surface area contributed by atoms with Crippen molar-refractivity contribution in [3.05, 3.63) is 92.5 Å². The first-order valence-corrected chi connectivity index (χ1v) is 10.9. The maximum absolute atomic E-state index is 14.6. The molecule has 8 heteroatoms. The van der Waals surface area contributed by atoms with Crippen LogP contribution in [0.2, 0.25) is 0 Å². The highest BCUT2D eigenvalue weighted by Crippen LogP contribution is 2.32. The van der Waals surface area contributed by atoms with Crippen molar-refractivity contribution in [1.29, 1.82) is 0 Å². The van der Waals surface area contributed by atoms with Crippen LogP contribution in [-0.4, -0.2) is 34.3 Å². The van der Waals surface area contributed by atoms with E-state index in [9.17, 15) is 14.0 Å². The minimum absolute atomic E-state index is 0.181. The Labute approximate surface area is 189 Å². The first-order valence-electron chi connectivity index (χ1n) is 10.9. The number of methoxy groups -OCH3 is 1. The lowest BCUT2D eigenvalue weighted by Gasteiger charge is -2.21. The van der Waals surface area contributed by atoms with Crippen LogP contribution in [0, 0.1) is 12.7 Å². The molecule has 3 heterocycles. The van der Waals surface area contributed by atoms with Gasteiger partial charge in [0.2, 0.25) is 0 Å². The molecule has 1 N–H and O–H groups in total. The summed E-state index contributed by atoms with van der Waals surface area (Å²) >= 11 is 0. The summed E-state index contributed by atoms with van der Waals surface area (Å²) in [5.74, 6) is 0.387. The van der Waals surface area contributed by atoms with E-state index in [1.165, 1.54) is 10.6 Å². The summed E-state index contributed by atoms with van der Waals surface area (Å²) in [6, 6.07) is 14.1. The zero-order chi connectivity index (χ0) is 23.1. The number of benzene rings is 2. The quantitative estimate of drug-likeness (QED) is 0.508. The molecule has 1 aliphatic rings. The van der Waals surface area contributed by atoms with E-state index >= 15 is 0 Å². The SMILES string of the molecule is COc1ccccc1Cn1c(=O)n([C@@H]2CCN(c3c(C)cccc3F)C2)c2cc[nH]c(=O)c21. The van der Waals surface area contributed by atoms with Gasteiger partial charge in [-0.25, -0.2) is 9.18 Å². The van der Waals surface area contributed by atoms with Crippen molar-refractivity contribution in [1.82, 2.24) is 14.1 Å². The van der Waals surface area contributed by atoms with Gasteiger partial charge in [0, 0.05) is 24.8 Å². The van der Waals surface area contributed by atoms with E-state index in [2.05, 4.69) is 4.98 Å². The number of para-hydroxylation sites is 2. The number of pyridine rings is 1. The Bertz CT molecular complexity index is 1430. The number of aromatic amines is 1. The van der Waals surface area contributed by atoms with Gasteiger partial charge < -0.3 is 14.6 Å². The molecule has 2 aromatic carbocycles. The molecule has 0 amide bonds. The van der Waals surface area contributed by atoms with E-state index in [0.717, 1.165) is 11.1 Å². The molecule has 2 aromatic heterocycles. The highest BCUT2D eigenvalue weighted by atomic mass is 19.1. The van der Waals surface area contributed by atoms with Gasteiger partial charge in [-0.1, -0.05) is 30.3 Å². The number of anilines is 1. The zero-order valence-electron chi connectivity index (χ0n) is 18.5. The third-order valence-electron chi connectivity index (χ3n) is 6.43. The minimum atomic E-state index is -0.321. The number of aromatic nitrogens is 3. The van der Waals surface area contributed by atoms with Crippen molar-refractivity contribution < 1.29 is 9.13 Å². The number of hydrogen-bond donors (Lipinski definition) is 1. The minimum Gasteiger partial charge on any atom is -0.496 e. The third kappa shape index (κ3) is 3.51. The molecule has 1 fully saturated rings. The molecule has 170 valence electrons. The summed E-state index contributed by atoms with van der Waals surface area (Å²) in [6.45, 7) is 3.21. The Morgan fingerprint density at radius 3 is 2.73 bits per heavy atom. The molecule has 7 nitrogen and oxygen atoms in total. The van der Waals surface area contributed by atoms with Gasteiger partial charge in [0.1, 0.15) is 17.1 Å². The summed E-state index contributed by atoms with van der Waals surface area (Å²) in [5, 5.41) is 0. The summed E-state index contributed by atoms with van der Waals surface area (Å²) in [6.07, 6.45) is 2.23. The smallest absolute Gasteiger partial charge is 0.329 e. The number of nitrogens with one attached hydrogen (secondary N) is 1. The Morgan fingerprint density at radius 1 is 1.12 bits per heavy atom. The summed E-state index contributed by atoms with van der Waals surface area (Å²) in [7, 11) is 1.58. The molecule has 0 spiro atoms. The van der Waals surface area contributed by atoms with Crippen LogP contribution in [0.4, 0.5) is 10.1 Å². The molecule has 33 heavy (non-hydrogen) atoms. The lowest BCUT2D eigenvalue weighted by molar-refractivity contribution is 0.408. The molecule has 0 unspecified atom stereocenters. The van der Waals surface area contributed by atoms with Crippen LogP contribution < -0.4 is 20.9 Å². The molecule has 4 aromatic rings. The Hall–Kier alpha value is -3.81. The van der Waals surface area contributed by atoms with Crippen molar-refractivity contribution >= 4 is 16.7 Å². The van der Waals surface area contributed by atoms with Crippen LogP contribution in [0.1, 0.15) is 23.6 Å². The average molecular weight is 448 g/mol. The number of H-pyrrole nitrogens is 1. The Morgan fingerprint density at radius 2 is 1.94 bits per heavy atom. The molecule has 5 rings (SSSR count). The summed E-state index contributed by atoms with van der Waals surface area (Å²) < 4.78 is 23.2. The second kappa shape index (κ2) is 8.27. The molecule has 0 bridgehead atoms.